The summed E-state index contributed by atoms with van der Waals surface area (Å²) in [6, 6.07) is 3.52. The first-order chi connectivity index (χ1) is 13.2. The molecule has 2 aliphatic heterocycles. The van der Waals surface area contributed by atoms with Crippen LogP contribution in [-0.4, -0.2) is 95.0 Å². The molecule has 0 unspecified atom stereocenters. The minimum atomic E-state index is -0.0110. The topological polar surface area (TPSA) is 81.6 Å². The van der Waals surface area contributed by atoms with E-state index >= 15 is 0 Å². The van der Waals surface area contributed by atoms with Gasteiger partial charge in [0.25, 0.3) is 5.91 Å². The first kappa shape index (κ1) is 17.6. The number of hydrogen-bond acceptors (Lipinski definition) is 8. The van der Waals surface area contributed by atoms with Crippen LogP contribution in [0.15, 0.2) is 30.7 Å². The lowest BCUT2D eigenvalue weighted by Gasteiger charge is -2.35. The summed E-state index contributed by atoms with van der Waals surface area (Å²) in [4.78, 5) is 38.7. The monoisotopic (exact) mass is 368 g/mol. The minimum Gasteiger partial charge on any atom is -0.337 e. The van der Waals surface area contributed by atoms with E-state index in [0.29, 0.717) is 11.6 Å². The Hall–Kier alpha value is -2.81. The Morgan fingerprint density at radius 2 is 1.41 bits per heavy atom. The van der Waals surface area contributed by atoms with E-state index in [9.17, 15) is 4.79 Å². The molecule has 0 aliphatic carbocycles. The van der Waals surface area contributed by atoms with Crippen molar-refractivity contribution >= 4 is 17.8 Å². The van der Waals surface area contributed by atoms with Gasteiger partial charge < -0.3 is 19.6 Å². The molecule has 2 aliphatic rings. The summed E-state index contributed by atoms with van der Waals surface area (Å²) in [5.41, 5.74) is 0.471. The number of amides is 1. The quantitative estimate of drug-likeness (QED) is 0.748. The standard InChI is InChI=1S/C18H24N8O/c1-23-7-9-24(10-8-23)16(27)15-3-6-21-18(22-15)26-13-11-25(12-14-26)17-19-4-2-5-20-17/h2-6H,7-14H2,1H3. The zero-order valence-corrected chi connectivity index (χ0v) is 15.5. The Morgan fingerprint density at radius 3 is 2.07 bits per heavy atom. The van der Waals surface area contributed by atoms with Gasteiger partial charge in [-0.15, -0.1) is 0 Å². The Labute approximate surface area is 158 Å². The van der Waals surface area contributed by atoms with Gasteiger partial charge in [-0.3, -0.25) is 4.79 Å². The summed E-state index contributed by atoms with van der Waals surface area (Å²) in [5, 5.41) is 0. The molecule has 1 amide bonds. The van der Waals surface area contributed by atoms with Crippen molar-refractivity contribution in [3.8, 4) is 0 Å². The molecular formula is C18H24N8O. The van der Waals surface area contributed by atoms with E-state index in [2.05, 4.69) is 41.7 Å². The van der Waals surface area contributed by atoms with E-state index in [-0.39, 0.29) is 5.91 Å². The summed E-state index contributed by atoms with van der Waals surface area (Å²) >= 11 is 0. The van der Waals surface area contributed by atoms with Gasteiger partial charge >= 0.3 is 0 Å². The summed E-state index contributed by atoms with van der Waals surface area (Å²) in [6.07, 6.45) is 5.19. The first-order valence-corrected chi connectivity index (χ1v) is 9.28. The SMILES string of the molecule is CN1CCN(C(=O)c2ccnc(N3CCN(c4ncccn4)CC3)n2)CC1. The second-order valence-corrected chi connectivity index (χ2v) is 6.86. The number of hydrogen-bond donors (Lipinski definition) is 0. The van der Waals surface area contributed by atoms with Crippen molar-refractivity contribution in [2.75, 3.05) is 69.2 Å². The van der Waals surface area contributed by atoms with Crippen molar-refractivity contribution in [2.45, 2.75) is 0 Å². The Morgan fingerprint density at radius 1 is 0.815 bits per heavy atom. The third kappa shape index (κ3) is 3.97. The van der Waals surface area contributed by atoms with Crippen molar-refractivity contribution < 1.29 is 4.79 Å². The largest absolute Gasteiger partial charge is 0.337 e. The summed E-state index contributed by atoms with van der Waals surface area (Å²) in [6.45, 7) is 6.40. The maximum Gasteiger partial charge on any atom is 0.272 e. The second-order valence-electron chi connectivity index (χ2n) is 6.86. The molecule has 0 aromatic carbocycles. The van der Waals surface area contributed by atoms with Gasteiger partial charge in [0, 0.05) is 70.9 Å². The zero-order valence-electron chi connectivity index (χ0n) is 15.5. The van der Waals surface area contributed by atoms with Crippen LogP contribution in [0.2, 0.25) is 0 Å². The van der Waals surface area contributed by atoms with Crippen LogP contribution in [0.5, 0.6) is 0 Å². The normalized spacial score (nSPS) is 18.6. The van der Waals surface area contributed by atoms with Crippen molar-refractivity contribution in [1.82, 2.24) is 29.7 Å². The molecule has 9 heteroatoms. The third-order valence-electron chi connectivity index (χ3n) is 5.05. The predicted octanol–water partition coefficient (Wildman–Crippen LogP) is -0.0192. The molecule has 0 N–H and O–H groups in total. The molecule has 27 heavy (non-hydrogen) atoms. The number of rotatable bonds is 3. The summed E-state index contributed by atoms with van der Waals surface area (Å²) in [5.74, 6) is 1.35. The zero-order chi connectivity index (χ0) is 18.6. The van der Waals surface area contributed by atoms with E-state index in [1.54, 1.807) is 24.7 Å². The van der Waals surface area contributed by atoms with Crippen molar-refractivity contribution in [3.63, 3.8) is 0 Å². The highest BCUT2D eigenvalue weighted by atomic mass is 16.2. The molecule has 0 atom stereocenters. The van der Waals surface area contributed by atoms with E-state index in [1.165, 1.54) is 0 Å². The first-order valence-electron chi connectivity index (χ1n) is 9.28. The molecule has 2 aromatic rings. The lowest BCUT2D eigenvalue weighted by molar-refractivity contribution is 0.0658. The number of carbonyl (C=O) groups excluding carboxylic acids is 1. The van der Waals surface area contributed by atoms with Crippen LogP contribution in [0.4, 0.5) is 11.9 Å². The van der Waals surface area contributed by atoms with Gasteiger partial charge in [-0.25, -0.2) is 19.9 Å². The van der Waals surface area contributed by atoms with E-state index in [0.717, 1.165) is 58.3 Å². The smallest absolute Gasteiger partial charge is 0.272 e. The second kappa shape index (κ2) is 7.83. The van der Waals surface area contributed by atoms with Crippen molar-refractivity contribution in [2.24, 2.45) is 0 Å². The fourth-order valence-electron chi connectivity index (χ4n) is 3.35. The highest BCUT2D eigenvalue weighted by molar-refractivity contribution is 5.92. The number of nitrogens with zero attached hydrogens (tertiary/aromatic N) is 8. The molecule has 2 aromatic heterocycles. The molecule has 4 rings (SSSR count). The van der Waals surface area contributed by atoms with Gasteiger partial charge in [0.05, 0.1) is 0 Å². The molecular weight excluding hydrogens is 344 g/mol. The highest BCUT2D eigenvalue weighted by Crippen LogP contribution is 2.15. The molecule has 0 bridgehead atoms. The lowest BCUT2D eigenvalue weighted by atomic mass is 10.3. The number of carbonyl (C=O) groups is 1. The van der Waals surface area contributed by atoms with Gasteiger partial charge in [0.2, 0.25) is 11.9 Å². The molecule has 0 spiro atoms. The number of likely N-dealkylation sites (N-methyl/N-ethyl adjacent to an activating group) is 1. The average Bonchev–Trinajstić information content (AvgIpc) is 2.75. The van der Waals surface area contributed by atoms with Crippen LogP contribution < -0.4 is 9.80 Å². The lowest BCUT2D eigenvalue weighted by Crippen LogP contribution is -2.48. The van der Waals surface area contributed by atoms with Crippen LogP contribution in [0.3, 0.4) is 0 Å². The minimum absolute atomic E-state index is 0.0110. The molecule has 4 heterocycles. The molecule has 2 saturated heterocycles. The molecule has 142 valence electrons. The van der Waals surface area contributed by atoms with E-state index in [1.807, 2.05) is 11.0 Å². The highest BCUT2D eigenvalue weighted by Gasteiger charge is 2.24. The Balaban J connectivity index is 1.40. The Bertz CT molecular complexity index is 770. The van der Waals surface area contributed by atoms with E-state index in [4.69, 9.17) is 0 Å². The molecule has 0 radical (unpaired) electrons. The van der Waals surface area contributed by atoms with Gasteiger partial charge in [-0.2, -0.15) is 0 Å². The fourth-order valence-corrected chi connectivity index (χ4v) is 3.35. The fraction of sp³-hybridized carbons (Fsp3) is 0.500. The van der Waals surface area contributed by atoms with Crippen molar-refractivity contribution in [1.29, 1.82) is 0 Å². The number of aromatic nitrogens is 4. The van der Waals surface area contributed by atoms with Crippen LogP contribution in [0.25, 0.3) is 0 Å². The van der Waals surface area contributed by atoms with Crippen LogP contribution >= 0.6 is 0 Å². The maximum atomic E-state index is 12.8. The Kier molecular flexibility index (Phi) is 5.10. The maximum absolute atomic E-state index is 12.8. The van der Waals surface area contributed by atoms with Gasteiger partial charge in [0.1, 0.15) is 5.69 Å². The van der Waals surface area contributed by atoms with Crippen LogP contribution in [0, 0.1) is 0 Å². The van der Waals surface area contributed by atoms with Crippen molar-refractivity contribution in [3.05, 3.63) is 36.4 Å². The van der Waals surface area contributed by atoms with E-state index < -0.39 is 0 Å². The third-order valence-corrected chi connectivity index (χ3v) is 5.05. The van der Waals surface area contributed by atoms with Gasteiger partial charge in [0.15, 0.2) is 0 Å². The number of anilines is 2. The van der Waals surface area contributed by atoms with Gasteiger partial charge in [-0.1, -0.05) is 0 Å². The predicted molar refractivity (Wildman–Crippen MR) is 102 cm³/mol. The van der Waals surface area contributed by atoms with Crippen LogP contribution in [0.1, 0.15) is 10.5 Å². The average molecular weight is 368 g/mol. The van der Waals surface area contributed by atoms with Crippen LogP contribution in [-0.2, 0) is 0 Å². The molecule has 2 fully saturated rings. The molecule has 0 saturated carbocycles. The number of piperazine rings is 2. The summed E-state index contributed by atoms with van der Waals surface area (Å²) < 4.78 is 0. The summed E-state index contributed by atoms with van der Waals surface area (Å²) in [7, 11) is 2.07. The molecule has 9 nitrogen and oxygen atoms in total. The van der Waals surface area contributed by atoms with Gasteiger partial charge in [-0.05, 0) is 19.2 Å².